The fourth-order valence-corrected chi connectivity index (χ4v) is 1.88. The van der Waals surface area contributed by atoms with Gasteiger partial charge in [-0.25, -0.2) is 0 Å². The van der Waals surface area contributed by atoms with Crippen LogP contribution in [0.4, 0.5) is 0 Å². The van der Waals surface area contributed by atoms with Gasteiger partial charge in [0.2, 0.25) is 12.1 Å². The largest absolute Gasteiger partial charge is 0.362 e. The molecule has 90 valence electrons. The van der Waals surface area contributed by atoms with Crippen molar-refractivity contribution in [2.45, 2.75) is 52.3 Å². The number of rotatable bonds is 5. The van der Waals surface area contributed by atoms with Crippen LogP contribution in [0.1, 0.15) is 34.1 Å². The normalized spacial score (nSPS) is 36.4. The number of ether oxygens (including phenoxy) is 3. The lowest BCUT2D eigenvalue weighted by Crippen LogP contribution is -2.45. The van der Waals surface area contributed by atoms with E-state index in [4.69, 9.17) is 14.2 Å². The molecule has 1 unspecified atom stereocenters. The van der Waals surface area contributed by atoms with Crippen LogP contribution in [0.5, 0.6) is 0 Å². The molecule has 0 bridgehead atoms. The summed E-state index contributed by atoms with van der Waals surface area (Å²) in [7, 11) is 0. The third kappa shape index (κ3) is 2.91. The first-order valence-electron chi connectivity index (χ1n) is 5.66. The Labute approximate surface area is 91.5 Å². The second kappa shape index (κ2) is 5.25. The van der Waals surface area contributed by atoms with Gasteiger partial charge < -0.3 is 19.3 Å². The van der Waals surface area contributed by atoms with Crippen LogP contribution in [0.2, 0.25) is 0 Å². The second-order valence-corrected chi connectivity index (χ2v) is 4.09. The van der Waals surface area contributed by atoms with Crippen molar-refractivity contribution in [2.24, 2.45) is 5.92 Å². The van der Waals surface area contributed by atoms with Gasteiger partial charge in [-0.2, -0.15) is 0 Å². The lowest BCUT2D eigenvalue weighted by Gasteiger charge is -2.31. The van der Waals surface area contributed by atoms with E-state index in [1.165, 1.54) is 0 Å². The molecule has 0 amide bonds. The van der Waals surface area contributed by atoms with Crippen LogP contribution in [0.25, 0.3) is 0 Å². The van der Waals surface area contributed by atoms with Gasteiger partial charge in [0.25, 0.3) is 0 Å². The summed E-state index contributed by atoms with van der Waals surface area (Å²) in [6, 6.07) is 0. The van der Waals surface area contributed by atoms with Crippen LogP contribution in [0, 0.1) is 5.92 Å². The topological polar surface area (TPSA) is 47.9 Å². The molecule has 1 heterocycles. The molecule has 0 aromatic carbocycles. The van der Waals surface area contributed by atoms with E-state index in [0.29, 0.717) is 25.6 Å². The fourth-order valence-electron chi connectivity index (χ4n) is 1.88. The SMILES string of the molecule is CCOC(OCC)C1(O)C[C@@H](C)[C@H](C)O1. The summed E-state index contributed by atoms with van der Waals surface area (Å²) in [5.41, 5.74) is 0. The molecule has 3 atom stereocenters. The molecular formula is C11H22O4. The summed E-state index contributed by atoms with van der Waals surface area (Å²) >= 11 is 0. The van der Waals surface area contributed by atoms with Crippen molar-refractivity contribution < 1.29 is 19.3 Å². The Hall–Kier alpha value is -0.160. The first-order valence-corrected chi connectivity index (χ1v) is 5.66. The van der Waals surface area contributed by atoms with Gasteiger partial charge in [-0.15, -0.1) is 0 Å². The van der Waals surface area contributed by atoms with Crippen LogP contribution in [-0.4, -0.2) is 36.5 Å². The molecule has 0 radical (unpaired) electrons. The van der Waals surface area contributed by atoms with Gasteiger partial charge in [0.15, 0.2) is 0 Å². The van der Waals surface area contributed by atoms with Crippen molar-refractivity contribution in [1.82, 2.24) is 0 Å². The van der Waals surface area contributed by atoms with Crippen LogP contribution >= 0.6 is 0 Å². The molecule has 1 saturated heterocycles. The van der Waals surface area contributed by atoms with E-state index < -0.39 is 12.1 Å². The molecule has 1 N–H and O–H groups in total. The molecule has 15 heavy (non-hydrogen) atoms. The van der Waals surface area contributed by atoms with Crippen molar-refractivity contribution in [1.29, 1.82) is 0 Å². The van der Waals surface area contributed by atoms with E-state index in [-0.39, 0.29) is 6.10 Å². The van der Waals surface area contributed by atoms with E-state index in [1.807, 2.05) is 20.8 Å². The van der Waals surface area contributed by atoms with Crippen molar-refractivity contribution in [3.8, 4) is 0 Å². The molecule has 1 fully saturated rings. The maximum absolute atomic E-state index is 10.3. The Morgan fingerprint density at radius 2 is 1.87 bits per heavy atom. The van der Waals surface area contributed by atoms with Crippen molar-refractivity contribution in [3.05, 3.63) is 0 Å². The lowest BCUT2D eigenvalue weighted by atomic mass is 10.0. The molecule has 0 aliphatic carbocycles. The second-order valence-electron chi connectivity index (χ2n) is 4.09. The highest BCUT2D eigenvalue weighted by molar-refractivity contribution is 4.85. The molecular weight excluding hydrogens is 196 g/mol. The zero-order valence-electron chi connectivity index (χ0n) is 10.0. The molecule has 0 aromatic heterocycles. The highest BCUT2D eigenvalue weighted by atomic mass is 16.7. The summed E-state index contributed by atoms with van der Waals surface area (Å²) < 4.78 is 16.3. The van der Waals surface area contributed by atoms with Crippen LogP contribution < -0.4 is 0 Å². The smallest absolute Gasteiger partial charge is 0.218 e. The highest BCUT2D eigenvalue weighted by Crippen LogP contribution is 2.36. The predicted molar refractivity (Wildman–Crippen MR) is 56.3 cm³/mol. The van der Waals surface area contributed by atoms with Gasteiger partial charge in [-0.05, 0) is 26.7 Å². The van der Waals surface area contributed by atoms with Gasteiger partial charge in [-0.3, -0.25) is 0 Å². The Balaban J connectivity index is 2.65. The first kappa shape index (κ1) is 12.9. The van der Waals surface area contributed by atoms with Crippen molar-refractivity contribution in [3.63, 3.8) is 0 Å². The molecule has 4 nitrogen and oxygen atoms in total. The van der Waals surface area contributed by atoms with E-state index in [1.54, 1.807) is 0 Å². The Morgan fingerprint density at radius 1 is 1.33 bits per heavy atom. The molecule has 4 heteroatoms. The van der Waals surface area contributed by atoms with Crippen molar-refractivity contribution in [2.75, 3.05) is 13.2 Å². The number of hydrogen-bond acceptors (Lipinski definition) is 4. The maximum Gasteiger partial charge on any atom is 0.218 e. The number of aliphatic hydroxyl groups is 1. The molecule has 0 saturated carbocycles. The van der Waals surface area contributed by atoms with Crippen LogP contribution in [0.3, 0.4) is 0 Å². The Bertz CT molecular complexity index is 179. The van der Waals surface area contributed by atoms with E-state index in [2.05, 4.69) is 6.92 Å². The number of hydrogen-bond donors (Lipinski definition) is 1. The van der Waals surface area contributed by atoms with Crippen LogP contribution in [0.15, 0.2) is 0 Å². The molecule has 1 aliphatic heterocycles. The summed E-state index contributed by atoms with van der Waals surface area (Å²) in [5.74, 6) is -0.969. The summed E-state index contributed by atoms with van der Waals surface area (Å²) in [5, 5.41) is 10.3. The van der Waals surface area contributed by atoms with E-state index in [0.717, 1.165) is 0 Å². The fraction of sp³-hybridized carbons (Fsp3) is 1.00. The van der Waals surface area contributed by atoms with E-state index >= 15 is 0 Å². The average molecular weight is 218 g/mol. The van der Waals surface area contributed by atoms with Gasteiger partial charge >= 0.3 is 0 Å². The Kier molecular flexibility index (Phi) is 4.52. The van der Waals surface area contributed by atoms with Gasteiger partial charge in [0.05, 0.1) is 6.10 Å². The summed E-state index contributed by atoms with van der Waals surface area (Å²) in [4.78, 5) is 0. The monoisotopic (exact) mass is 218 g/mol. The van der Waals surface area contributed by atoms with Crippen LogP contribution in [-0.2, 0) is 14.2 Å². The third-order valence-corrected chi connectivity index (χ3v) is 2.81. The summed E-state index contributed by atoms with van der Waals surface area (Å²) in [6.07, 6.45) is -0.0861. The quantitative estimate of drug-likeness (QED) is 0.711. The van der Waals surface area contributed by atoms with Gasteiger partial charge in [0, 0.05) is 19.6 Å². The minimum atomic E-state index is -1.29. The minimum Gasteiger partial charge on any atom is -0.362 e. The zero-order chi connectivity index (χ0) is 11.5. The van der Waals surface area contributed by atoms with Gasteiger partial charge in [-0.1, -0.05) is 6.92 Å². The average Bonchev–Trinajstić information content (AvgIpc) is 2.42. The molecule has 1 aliphatic rings. The third-order valence-electron chi connectivity index (χ3n) is 2.81. The predicted octanol–water partition coefficient (Wildman–Crippen LogP) is 1.52. The summed E-state index contributed by atoms with van der Waals surface area (Å²) in [6.45, 7) is 8.75. The molecule has 0 spiro atoms. The first-order chi connectivity index (χ1) is 7.03. The zero-order valence-corrected chi connectivity index (χ0v) is 10.0. The minimum absolute atomic E-state index is 0.0402. The van der Waals surface area contributed by atoms with E-state index in [9.17, 15) is 5.11 Å². The lowest BCUT2D eigenvalue weighted by molar-refractivity contribution is -0.325. The maximum atomic E-state index is 10.3. The molecule has 1 rings (SSSR count). The Morgan fingerprint density at radius 3 is 2.20 bits per heavy atom. The highest BCUT2D eigenvalue weighted by Gasteiger charge is 2.48. The van der Waals surface area contributed by atoms with Crippen molar-refractivity contribution >= 4 is 0 Å². The molecule has 0 aromatic rings. The van der Waals surface area contributed by atoms with Gasteiger partial charge in [0.1, 0.15) is 0 Å². The standard InChI is InChI=1S/C11H22O4/c1-5-13-10(14-6-2)11(12)7-8(3)9(4)15-11/h8-10,12H,5-7H2,1-4H3/t8-,9+,11?/m1/s1.